The van der Waals surface area contributed by atoms with Gasteiger partial charge < -0.3 is 9.52 Å². The lowest BCUT2D eigenvalue weighted by molar-refractivity contribution is 0.0986. The van der Waals surface area contributed by atoms with Crippen molar-refractivity contribution in [2.75, 3.05) is 62.3 Å². The molecule has 10 heteroatoms. The van der Waals surface area contributed by atoms with Gasteiger partial charge in [-0.05, 0) is 6.42 Å². The van der Waals surface area contributed by atoms with Gasteiger partial charge in [-0.15, -0.1) is 0 Å². The van der Waals surface area contributed by atoms with Crippen molar-refractivity contribution < 1.29 is 17.9 Å². The van der Waals surface area contributed by atoms with Gasteiger partial charge >= 0.3 is 5.63 Å². The Bertz CT molecular complexity index is 874. The molecule has 3 saturated heterocycles. The summed E-state index contributed by atoms with van der Waals surface area (Å²) in [5.41, 5.74) is 0.511. The fraction of sp³-hybridized carbons (Fsp3) is 0.737. The highest BCUT2D eigenvalue weighted by Crippen LogP contribution is 2.25. The zero-order valence-electron chi connectivity index (χ0n) is 16.6. The van der Waals surface area contributed by atoms with Crippen molar-refractivity contribution in [2.45, 2.75) is 25.6 Å². The molecular weight excluding hydrogens is 414 g/mol. The molecule has 3 fully saturated rings. The molecule has 0 spiro atoms. The second-order valence-corrected chi connectivity index (χ2v) is 11.6. The quantitative estimate of drug-likeness (QED) is 0.685. The summed E-state index contributed by atoms with van der Waals surface area (Å²) in [4.78, 5) is 18.9. The van der Waals surface area contributed by atoms with E-state index in [1.54, 1.807) is 0 Å². The first kappa shape index (κ1) is 21.2. The normalized spacial score (nSPS) is 26.7. The van der Waals surface area contributed by atoms with Crippen LogP contribution in [0.25, 0.3) is 0 Å². The van der Waals surface area contributed by atoms with E-state index in [4.69, 9.17) is 4.42 Å². The smallest absolute Gasteiger partial charge is 0.343 e. The fourth-order valence-electron chi connectivity index (χ4n) is 4.37. The predicted octanol–water partition coefficient (Wildman–Crippen LogP) is 0.199. The number of thioether (sulfide) groups is 1. The molecule has 0 unspecified atom stereocenters. The van der Waals surface area contributed by atoms with Crippen LogP contribution in [0.5, 0.6) is 5.75 Å². The fourth-order valence-corrected chi connectivity index (χ4v) is 7.11. The van der Waals surface area contributed by atoms with E-state index in [0.717, 1.165) is 50.8 Å². The van der Waals surface area contributed by atoms with Crippen LogP contribution in [0.2, 0.25) is 0 Å². The van der Waals surface area contributed by atoms with Gasteiger partial charge in [0.05, 0.1) is 17.1 Å². The lowest BCUT2D eigenvalue weighted by Gasteiger charge is -2.37. The predicted molar refractivity (Wildman–Crippen MR) is 113 cm³/mol. The number of aromatic hydroxyl groups is 1. The van der Waals surface area contributed by atoms with Crippen molar-refractivity contribution >= 4 is 21.6 Å². The maximum Gasteiger partial charge on any atom is 0.343 e. The van der Waals surface area contributed by atoms with E-state index >= 15 is 0 Å². The highest BCUT2D eigenvalue weighted by Gasteiger charge is 2.34. The minimum Gasteiger partial charge on any atom is -0.507 e. The minimum absolute atomic E-state index is 0.0591. The Labute approximate surface area is 175 Å². The van der Waals surface area contributed by atoms with Crippen molar-refractivity contribution in [1.82, 2.24) is 14.7 Å². The number of nitrogens with zero attached hydrogens (tertiary/aromatic N) is 3. The van der Waals surface area contributed by atoms with Crippen LogP contribution in [0.1, 0.15) is 17.5 Å². The lowest BCUT2D eigenvalue weighted by Crippen LogP contribution is -2.50. The Balaban J connectivity index is 1.37. The van der Waals surface area contributed by atoms with Gasteiger partial charge in [0.15, 0.2) is 9.84 Å². The largest absolute Gasteiger partial charge is 0.507 e. The number of hydrogen-bond donors (Lipinski definition) is 1. The molecule has 0 aliphatic carbocycles. The molecule has 3 aliphatic rings. The number of hydrogen-bond acceptors (Lipinski definition) is 9. The summed E-state index contributed by atoms with van der Waals surface area (Å²) in [6, 6.07) is 0.117. The van der Waals surface area contributed by atoms with E-state index < -0.39 is 15.5 Å². The third-order valence-electron chi connectivity index (χ3n) is 6.16. The van der Waals surface area contributed by atoms with Gasteiger partial charge in [-0.25, -0.2) is 13.2 Å². The molecular formula is C19H29N3O5S2. The average molecular weight is 444 g/mol. The summed E-state index contributed by atoms with van der Waals surface area (Å²) >= 11 is 1.93. The third kappa shape index (κ3) is 5.16. The Morgan fingerprint density at radius 2 is 1.76 bits per heavy atom. The van der Waals surface area contributed by atoms with Gasteiger partial charge in [0, 0.05) is 75.5 Å². The van der Waals surface area contributed by atoms with Gasteiger partial charge in [0.1, 0.15) is 12.0 Å². The van der Waals surface area contributed by atoms with Gasteiger partial charge in [-0.2, -0.15) is 11.8 Å². The second-order valence-electron chi connectivity index (χ2n) is 8.13. The van der Waals surface area contributed by atoms with Crippen LogP contribution in [-0.2, 0) is 22.9 Å². The molecule has 1 aromatic rings. The van der Waals surface area contributed by atoms with Crippen LogP contribution in [0, 0.1) is 0 Å². The molecule has 29 heavy (non-hydrogen) atoms. The van der Waals surface area contributed by atoms with E-state index in [0.29, 0.717) is 30.6 Å². The van der Waals surface area contributed by atoms with Crippen molar-refractivity contribution in [3.8, 4) is 5.75 Å². The summed E-state index contributed by atoms with van der Waals surface area (Å²) in [6.07, 6.45) is 2.10. The molecule has 4 heterocycles. The molecule has 162 valence electrons. The molecule has 0 bridgehead atoms. The third-order valence-corrected chi connectivity index (χ3v) is 8.85. The number of sulfone groups is 1. The van der Waals surface area contributed by atoms with Gasteiger partial charge in [-0.3, -0.25) is 14.7 Å². The first-order valence-corrected chi connectivity index (χ1v) is 13.2. The maximum absolute atomic E-state index is 12.3. The molecule has 1 aromatic heterocycles. The molecule has 0 amide bonds. The average Bonchev–Trinajstić information content (AvgIpc) is 3.08. The molecule has 0 radical (unpaired) electrons. The summed E-state index contributed by atoms with van der Waals surface area (Å²) in [6.45, 7) is 5.91. The zero-order valence-corrected chi connectivity index (χ0v) is 18.2. The van der Waals surface area contributed by atoms with E-state index in [1.807, 2.05) is 11.8 Å². The van der Waals surface area contributed by atoms with E-state index in [-0.39, 0.29) is 23.3 Å². The maximum atomic E-state index is 12.3. The van der Waals surface area contributed by atoms with Crippen LogP contribution >= 0.6 is 11.8 Å². The van der Waals surface area contributed by atoms with E-state index in [1.165, 1.54) is 6.26 Å². The van der Waals surface area contributed by atoms with Crippen LogP contribution < -0.4 is 5.63 Å². The Morgan fingerprint density at radius 1 is 1.07 bits per heavy atom. The van der Waals surface area contributed by atoms with Crippen molar-refractivity contribution in [3.63, 3.8) is 0 Å². The summed E-state index contributed by atoms with van der Waals surface area (Å²) in [7, 11) is -2.88. The van der Waals surface area contributed by atoms with Crippen LogP contribution in [0.4, 0.5) is 0 Å². The first-order valence-electron chi connectivity index (χ1n) is 10.2. The molecule has 8 nitrogen and oxygen atoms in total. The second kappa shape index (κ2) is 8.97. The minimum atomic E-state index is -2.88. The molecule has 0 aromatic carbocycles. The molecule has 4 rings (SSSR count). The first-order chi connectivity index (χ1) is 13.9. The van der Waals surface area contributed by atoms with E-state index in [9.17, 15) is 18.3 Å². The van der Waals surface area contributed by atoms with Crippen molar-refractivity contribution in [2.24, 2.45) is 0 Å². The SMILES string of the molecule is O=c1occ(CN2CCSCC2)c(O)c1CN1CCN([C@H]2CCS(=O)(=O)C2)CC1. The Morgan fingerprint density at radius 3 is 2.41 bits per heavy atom. The number of rotatable bonds is 5. The van der Waals surface area contributed by atoms with Gasteiger partial charge in [0.25, 0.3) is 0 Å². The molecule has 0 saturated carbocycles. The highest BCUT2D eigenvalue weighted by atomic mass is 32.2. The standard InChI is InChI=1S/C19H29N3O5S2/c23-18-15(11-21-6-8-28-9-7-21)13-27-19(24)17(18)12-20-2-4-22(5-3-20)16-1-10-29(25,26)14-16/h13,16,23H,1-12,14H2/t16-/m0/s1. The molecule has 1 N–H and O–H groups in total. The Hall–Kier alpha value is -1.07. The number of piperazine rings is 1. The van der Waals surface area contributed by atoms with E-state index in [2.05, 4.69) is 14.7 Å². The highest BCUT2D eigenvalue weighted by molar-refractivity contribution is 7.99. The Kier molecular flexibility index (Phi) is 6.55. The van der Waals surface area contributed by atoms with Crippen molar-refractivity contribution in [3.05, 3.63) is 27.8 Å². The summed E-state index contributed by atoms with van der Waals surface area (Å²) in [5, 5.41) is 10.7. The summed E-state index contributed by atoms with van der Waals surface area (Å²) < 4.78 is 28.7. The topological polar surface area (TPSA) is 94.3 Å². The summed E-state index contributed by atoms with van der Waals surface area (Å²) in [5.74, 6) is 2.77. The zero-order chi connectivity index (χ0) is 20.4. The van der Waals surface area contributed by atoms with Crippen LogP contribution in [0.15, 0.2) is 15.5 Å². The molecule has 1 atom stereocenters. The molecule has 3 aliphatic heterocycles. The lowest BCUT2D eigenvalue weighted by atomic mass is 10.1. The van der Waals surface area contributed by atoms with Gasteiger partial charge in [0.2, 0.25) is 0 Å². The monoisotopic (exact) mass is 443 g/mol. The van der Waals surface area contributed by atoms with Crippen LogP contribution in [-0.4, -0.2) is 96.5 Å². The van der Waals surface area contributed by atoms with Crippen LogP contribution in [0.3, 0.4) is 0 Å². The van der Waals surface area contributed by atoms with Crippen molar-refractivity contribution in [1.29, 1.82) is 0 Å². The van der Waals surface area contributed by atoms with Gasteiger partial charge in [-0.1, -0.05) is 0 Å².